The molecule has 0 bridgehead atoms. The van der Waals surface area contributed by atoms with E-state index in [0.717, 1.165) is 71.9 Å². The molecule has 2 heterocycles. The molecule has 7 heteroatoms. The third-order valence-electron chi connectivity index (χ3n) is 8.10. The van der Waals surface area contributed by atoms with E-state index in [1.165, 1.54) is 51.4 Å². The summed E-state index contributed by atoms with van der Waals surface area (Å²) < 4.78 is 7.48. The molecule has 2 unspecified atom stereocenters. The Hall–Kier alpha value is -1.73. The molecule has 1 aliphatic heterocycles. The van der Waals surface area contributed by atoms with Gasteiger partial charge < -0.3 is 15.0 Å². The van der Waals surface area contributed by atoms with Gasteiger partial charge in [-0.1, -0.05) is 72.3 Å². The van der Waals surface area contributed by atoms with Crippen LogP contribution >= 0.6 is 15.9 Å². The Balaban J connectivity index is 1.99. The normalized spacial score (nSPS) is 20.4. The van der Waals surface area contributed by atoms with Gasteiger partial charge in [-0.2, -0.15) is 9.97 Å². The van der Waals surface area contributed by atoms with Crippen LogP contribution in [0, 0.1) is 5.41 Å². The minimum absolute atomic E-state index is 0.136. The Bertz CT molecular complexity index is 1010. The second-order valence-corrected chi connectivity index (χ2v) is 12.5. The highest BCUT2D eigenvalue weighted by Gasteiger charge is 2.31. The Morgan fingerprint density at radius 2 is 1.87 bits per heavy atom. The van der Waals surface area contributed by atoms with Crippen molar-refractivity contribution in [2.24, 2.45) is 10.4 Å². The van der Waals surface area contributed by atoms with E-state index in [9.17, 15) is 0 Å². The first-order chi connectivity index (χ1) is 18.9. The molecule has 1 saturated heterocycles. The van der Waals surface area contributed by atoms with E-state index in [2.05, 4.69) is 79.8 Å². The molecule has 1 aromatic rings. The van der Waals surface area contributed by atoms with Crippen molar-refractivity contribution in [3.05, 3.63) is 21.8 Å². The number of unbranched alkanes of at least 4 members (excludes halogenated alkanes) is 4. The van der Waals surface area contributed by atoms with Gasteiger partial charge in [0.05, 0.1) is 23.6 Å². The zero-order chi connectivity index (χ0) is 28.3. The number of hydrogen-bond donors (Lipinski definition) is 1. The lowest BCUT2D eigenvalue weighted by atomic mass is 9.81. The third kappa shape index (κ3) is 8.88. The molecule has 0 spiro atoms. The molecule has 1 aliphatic carbocycles. The van der Waals surface area contributed by atoms with Crippen LogP contribution in [-0.2, 0) is 0 Å². The molecule has 0 radical (unpaired) electrons. The highest BCUT2D eigenvalue weighted by molar-refractivity contribution is 9.12. The zero-order valence-electron chi connectivity index (χ0n) is 25.4. The van der Waals surface area contributed by atoms with E-state index in [1.807, 2.05) is 0 Å². The first-order valence-electron chi connectivity index (χ1n) is 15.5. The lowest BCUT2D eigenvalue weighted by Crippen LogP contribution is -2.31. The number of nitrogens with zero attached hydrogens (tertiary/aromatic N) is 4. The Morgan fingerprint density at radius 3 is 2.59 bits per heavy atom. The molecular formula is C32H52BrN5O. The van der Waals surface area contributed by atoms with E-state index in [-0.39, 0.29) is 11.5 Å². The van der Waals surface area contributed by atoms with E-state index in [4.69, 9.17) is 19.7 Å². The Morgan fingerprint density at radius 1 is 1.10 bits per heavy atom. The second-order valence-electron chi connectivity index (χ2n) is 11.6. The largest absolute Gasteiger partial charge is 0.463 e. The van der Waals surface area contributed by atoms with Crippen molar-refractivity contribution in [2.45, 2.75) is 112 Å². The molecule has 39 heavy (non-hydrogen) atoms. The number of hydrogen-bond acceptors (Lipinski definition) is 6. The van der Waals surface area contributed by atoms with E-state index in [0.29, 0.717) is 12.6 Å². The highest BCUT2D eigenvalue weighted by Crippen LogP contribution is 2.40. The molecular weight excluding hydrogens is 550 g/mol. The lowest BCUT2D eigenvalue weighted by molar-refractivity contribution is 0.125. The summed E-state index contributed by atoms with van der Waals surface area (Å²) in [6, 6.07) is 0.733. The standard InChI is InChI=1S/C32H52BrN5O/c1-7-11-13-14-17-32(6,16-12-8-2)23-39-31-36-27-22-26(33)29(35-24(5)9-3)25(10-4)28(27)30(37-31)38-20-15-18-34-19-21-38/h10,22,24,34H,7-9,11-21,23H2,1-6H3/b25-10-,35-29?. The van der Waals surface area contributed by atoms with Crippen molar-refractivity contribution < 1.29 is 4.74 Å². The molecule has 2 atom stereocenters. The number of fused-ring (bicyclic) bond motifs is 1. The molecule has 3 rings (SSSR count). The average molecular weight is 603 g/mol. The van der Waals surface area contributed by atoms with Crippen LogP contribution in [0.3, 0.4) is 0 Å². The summed E-state index contributed by atoms with van der Waals surface area (Å²) in [5, 5.41) is 3.54. The van der Waals surface area contributed by atoms with Gasteiger partial charge in [-0.05, 0) is 68.1 Å². The van der Waals surface area contributed by atoms with E-state index in [1.54, 1.807) is 0 Å². The van der Waals surface area contributed by atoms with Gasteiger partial charge >= 0.3 is 6.01 Å². The number of halogens is 1. The molecule has 0 amide bonds. The number of aliphatic imine (C=N–C) groups is 1. The fraction of sp³-hybridized carbons (Fsp3) is 0.719. The number of anilines is 1. The molecule has 1 N–H and O–H groups in total. The monoisotopic (exact) mass is 601 g/mol. The van der Waals surface area contributed by atoms with Gasteiger partial charge in [-0.15, -0.1) is 0 Å². The van der Waals surface area contributed by atoms with Gasteiger partial charge in [0.1, 0.15) is 5.82 Å². The average Bonchev–Trinajstić information content (AvgIpc) is 3.23. The predicted molar refractivity (Wildman–Crippen MR) is 171 cm³/mol. The maximum Gasteiger partial charge on any atom is 0.318 e. The Labute approximate surface area is 246 Å². The van der Waals surface area contributed by atoms with Crippen LogP contribution in [0.1, 0.15) is 117 Å². The van der Waals surface area contributed by atoms with Gasteiger partial charge in [0.2, 0.25) is 0 Å². The molecule has 218 valence electrons. The topological polar surface area (TPSA) is 62.6 Å². The summed E-state index contributed by atoms with van der Waals surface area (Å²) in [5.74, 6) is 0.970. The van der Waals surface area contributed by atoms with Crippen molar-refractivity contribution in [3.63, 3.8) is 0 Å². The summed E-state index contributed by atoms with van der Waals surface area (Å²) in [5.41, 5.74) is 4.21. The number of rotatable bonds is 14. The van der Waals surface area contributed by atoms with Crippen LogP contribution in [0.5, 0.6) is 6.01 Å². The molecule has 6 nitrogen and oxygen atoms in total. The van der Waals surface area contributed by atoms with Crippen LogP contribution < -0.4 is 15.0 Å². The van der Waals surface area contributed by atoms with Crippen LogP contribution in [0.25, 0.3) is 11.6 Å². The molecule has 0 aromatic carbocycles. The predicted octanol–water partition coefficient (Wildman–Crippen LogP) is 8.21. The van der Waals surface area contributed by atoms with E-state index < -0.39 is 0 Å². The highest BCUT2D eigenvalue weighted by atomic mass is 79.9. The molecule has 2 aliphatic rings. The van der Waals surface area contributed by atoms with Crippen molar-refractivity contribution in [2.75, 3.05) is 37.7 Å². The SMILES string of the molecule is C/C=C1\C(=NC(C)CC)C(Br)=Cc2nc(OCC(C)(CCCC)CCCCCC)nc(N3CCCNCC3)c21. The van der Waals surface area contributed by atoms with Crippen LogP contribution in [0.4, 0.5) is 5.82 Å². The molecule has 1 fully saturated rings. The summed E-state index contributed by atoms with van der Waals surface area (Å²) >= 11 is 3.83. The first kappa shape index (κ1) is 31.8. The van der Waals surface area contributed by atoms with Crippen LogP contribution in [-0.4, -0.2) is 54.5 Å². The summed E-state index contributed by atoms with van der Waals surface area (Å²) in [4.78, 5) is 17.6. The van der Waals surface area contributed by atoms with Gasteiger partial charge in [0, 0.05) is 41.1 Å². The smallest absolute Gasteiger partial charge is 0.318 e. The zero-order valence-corrected chi connectivity index (χ0v) is 27.0. The number of nitrogens with one attached hydrogen (secondary N) is 1. The van der Waals surface area contributed by atoms with Gasteiger partial charge in [0.15, 0.2) is 0 Å². The van der Waals surface area contributed by atoms with Gasteiger partial charge in [-0.3, -0.25) is 4.99 Å². The van der Waals surface area contributed by atoms with E-state index >= 15 is 0 Å². The van der Waals surface area contributed by atoms with Crippen molar-refractivity contribution in [1.29, 1.82) is 0 Å². The minimum atomic E-state index is 0.136. The first-order valence-corrected chi connectivity index (χ1v) is 16.3. The molecule has 0 saturated carbocycles. The molecule has 1 aromatic heterocycles. The van der Waals surface area contributed by atoms with Crippen LogP contribution in [0.2, 0.25) is 0 Å². The summed E-state index contributed by atoms with van der Waals surface area (Å²) in [7, 11) is 0. The fourth-order valence-corrected chi connectivity index (χ4v) is 5.94. The second kappa shape index (κ2) is 15.9. The summed E-state index contributed by atoms with van der Waals surface area (Å²) in [6.45, 7) is 17.9. The maximum atomic E-state index is 6.51. The number of allylic oxidation sites excluding steroid dienone is 3. The lowest BCUT2D eigenvalue weighted by Gasteiger charge is -2.31. The number of ether oxygens (including phenoxy) is 1. The fourth-order valence-electron chi connectivity index (χ4n) is 5.41. The Kier molecular flexibility index (Phi) is 13.0. The number of aromatic nitrogens is 2. The minimum Gasteiger partial charge on any atom is -0.463 e. The third-order valence-corrected chi connectivity index (χ3v) is 8.70. The quantitative estimate of drug-likeness (QED) is 0.218. The summed E-state index contributed by atoms with van der Waals surface area (Å²) in [6.07, 6.45) is 16.3. The van der Waals surface area contributed by atoms with Gasteiger partial charge in [0.25, 0.3) is 0 Å². The van der Waals surface area contributed by atoms with Gasteiger partial charge in [-0.25, -0.2) is 0 Å². The van der Waals surface area contributed by atoms with Crippen molar-refractivity contribution in [1.82, 2.24) is 15.3 Å². The van der Waals surface area contributed by atoms with Crippen molar-refractivity contribution in [3.8, 4) is 6.01 Å². The van der Waals surface area contributed by atoms with Crippen LogP contribution in [0.15, 0.2) is 15.6 Å². The van der Waals surface area contributed by atoms with Crippen molar-refractivity contribution >= 4 is 39.1 Å². The maximum absolute atomic E-state index is 6.51.